The van der Waals surface area contributed by atoms with E-state index in [-0.39, 0.29) is 11.6 Å². The molecule has 3 nitrogen and oxygen atoms in total. The average Bonchev–Trinajstić information content (AvgIpc) is 2.46. The highest BCUT2D eigenvalue weighted by Crippen LogP contribution is 2.33. The highest BCUT2D eigenvalue weighted by atomic mass is 16.5. The Kier molecular flexibility index (Phi) is 4.61. The van der Waals surface area contributed by atoms with Crippen LogP contribution in [0.15, 0.2) is 24.3 Å². The standard InChI is InChI=1S/C16H26N2O/c1-4-16(3,18-8-10-19-11-9-18)15(17)14-7-5-6-13(2)12-14/h5-7,12,15H,4,8-11,17H2,1-3H3. The van der Waals surface area contributed by atoms with Crippen molar-refractivity contribution < 1.29 is 4.74 Å². The highest BCUT2D eigenvalue weighted by molar-refractivity contribution is 5.27. The molecule has 0 saturated carbocycles. The van der Waals surface area contributed by atoms with E-state index >= 15 is 0 Å². The van der Waals surface area contributed by atoms with E-state index in [2.05, 4.69) is 49.9 Å². The first-order valence-electron chi connectivity index (χ1n) is 7.23. The summed E-state index contributed by atoms with van der Waals surface area (Å²) in [6, 6.07) is 8.61. The van der Waals surface area contributed by atoms with Gasteiger partial charge in [0.1, 0.15) is 0 Å². The Morgan fingerprint density at radius 3 is 2.63 bits per heavy atom. The first-order chi connectivity index (χ1) is 9.08. The van der Waals surface area contributed by atoms with Gasteiger partial charge in [-0.1, -0.05) is 36.8 Å². The van der Waals surface area contributed by atoms with Gasteiger partial charge in [0.05, 0.1) is 13.2 Å². The summed E-state index contributed by atoms with van der Waals surface area (Å²) in [6.45, 7) is 10.2. The molecule has 0 aliphatic carbocycles. The Hall–Kier alpha value is -0.900. The third kappa shape index (κ3) is 2.99. The number of benzene rings is 1. The van der Waals surface area contributed by atoms with Crippen molar-refractivity contribution in [2.45, 2.75) is 38.8 Å². The first-order valence-corrected chi connectivity index (χ1v) is 7.23. The SMILES string of the molecule is CCC(C)(C(N)c1cccc(C)c1)N1CCOCC1. The van der Waals surface area contributed by atoms with E-state index in [4.69, 9.17) is 10.5 Å². The van der Waals surface area contributed by atoms with Crippen molar-refractivity contribution >= 4 is 0 Å². The predicted octanol–water partition coefficient (Wildman–Crippen LogP) is 2.50. The maximum Gasteiger partial charge on any atom is 0.0594 e. The zero-order valence-corrected chi connectivity index (χ0v) is 12.4. The maximum absolute atomic E-state index is 6.60. The molecule has 1 heterocycles. The summed E-state index contributed by atoms with van der Waals surface area (Å²) in [5, 5.41) is 0. The van der Waals surface area contributed by atoms with Gasteiger partial charge in [0, 0.05) is 24.7 Å². The Balaban J connectivity index is 2.24. The van der Waals surface area contributed by atoms with Crippen molar-refractivity contribution in [2.24, 2.45) is 5.73 Å². The Bertz CT molecular complexity index is 415. The fraction of sp³-hybridized carbons (Fsp3) is 0.625. The Morgan fingerprint density at radius 1 is 1.37 bits per heavy atom. The summed E-state index contributed by atoms with van der Waals surface area (Å²) in [7, 11) is 0. The van der Waals surface area contributed by atoms with Crippen LogP contribution >= 0.6 is 0 Å². The number of ether oxygens (including phenoxy) is 1. The Morgan fingerprint density at radius 2 is 2.05 bits per heavy atom. The van der Waals surface area contributed by atoms with E-state index in [0.717, 1.165) is 32.7 Å². The van der Waals surface area contributed by atoms with Crippen LogP contribution < -0.4 is 5.73 Å². The van der Waals surface area contributed by atoms with Gasteiger partial charge in [0.15, 0.2) is 0 Å². The molecule has 2 unspecified atom stereocenters. The van der Waals surface area contributed by atoms with Gasteiger partial charge in [0.25, 0.3) is 0 Å². The van der Waals surface area contributed by atoms with Crippen LogP contribution in [0.4, 0.5) is 0 Å². The molecule has 1 fully saturated rings. The molecule has 0 radical (unpaired) electrons. The smallest absolute Gasteiger partial charge is 0.0594 e. The van der Waals surface area contributed by atoms with Gasteiger partial charge < -0.3 is 10.5 Å². The molecule has 0 spiro atoms. The fourth-order valence-corrected chi connectivity index (χ4v) is 2.94. The summed E-state index contributed by atoms with van der Waals surface area (Å²) in [5.41, 5.74) is 9.10. The number of hydrogen-bond acceptors (Lipinski definition) is 3. The zero-order valence-electron chi connectivity index (χ0n) is 12.4. The van der Waals surface area contributed by atoms with Gasteiger partial charge >= 0.3 is 0 Å². The summed E-state index contributed by atoms with van der Waals surface area (Å²) >= 11 is 0. The van der Waals surface area contributed by atoms with Crippen LogP contribution in [0.3, 0.4) is 0 Å². The van der Waals surface area contributed by atoms with Gasteiger partial charge in [-0.05, 0) is 25.8 Å². The molecule has 1 aliphatic rings. The highest BCUT2D eigenvalue weighted by Gasteiger charge is 2.37. The summed E-state index contributed by atoms with van der Waals surface area (Å²) in [4.78, 5) is 2.49. The van der Waals surface area contributed by atoms with E-state index in [1.807, 2.05) is 0 Å². The number of rotatable bonds is 4. The number of nitrogens with two attached hydrogens (primary N) is 1. The van der Waals surface area contributed by atoms with E-state index in [0.29, 0.717) is 0 Å². The molecule has 2 rings (SSSR count). The molecule has 19 heavy (non-hydrogen) atoms. The molecule has 1 saturated heterocycles. The second-order valence-corrected chi connectivity index (χ2v) is 5.70. The lowest BCUT2D eigenvalue weighted by Gasteiger charge is -2.46. The van der Waals surface area contributed by atoms with Gasteiger partial charge in [-0.3, -0.25) is 4.90 Å². The Labute approximate surface area is 116 Å². The van der Waals surface area contributed by atoms with Crippen LogP contribution in [-0.2, 0) is 4.74 Å². The molecule has 1 aromatic rings. The maximum atomic E-state index is 6.60. The third-order valence-corrected chi connectivity index (χ3v) is 4.52. The molecule has 106 valence electrons. The molecule has 1 aliphatic heterocycles. The van der Waals surface area contributed by atoms with Crippen LogP contribution in [0, 0.1) is 6.92 Å². The molecule has 0 amide bonds. The minimum atomic E-state index is -0.00241. The van der Waals surface area contributed by atoms with E-state index in [1.54, 1.807) is 0 Å². The van der Waals surface area contributed by atoms with Crippen molar-refractivity contribution in [2.75, 3.05) is 26.3 Å². The van der Waals surface area contributed by atoms with Gasteiger partial charge in [-0.15, -0.1) is 0 Å². The van der Waals surface area contributed by atoms with Gasteiger partial charge in [-0.25, -0.2) is 0 Å². The molecule has 0 aromatic heterocycles. The normalized spacial score (nSPS) is 21.9. The lowest BCUT2D eigenvalue weighted by atomic mass is 9.83. The minimum absolute atomic E-state index is 0.00241. The van der Waals surface area contributed by atoms with Crippen molar-refractivity contribution in [1.82, 2.24) is 4.90 Å². The number of morpholine rings is 1. The molecule has 0 bridgehead atoms. The molecular weight excluding hydrogens is 236 g/mol. The predicted molar refractivity (Wildman–Crippen MR) is 79.2 cm³/mol. The second-order valence-electron chi connectivity index (χ2n) is 5.70. The lowest BCUT2D eigenvalue weighted by molar-refractivity contribution is -0.0277. The van der Waals surface area contributed by atoms with Crippen molar-refractivity contribution in [3.8, 4) is 0 Å². The number of hydrogen-bond donors (Lipinski definition) is 1. The van der Waals surface area contributed by atoms with Crippen molar-refractivity contribution in [3.63, 3.8) is 0 Å². The zero-order chi connectivity index (χ0) is 13.9. The summed E-state index contributed by atoms with van der Waals surface area (Å²) in [5.74, 6) is 0. The average molecular weight is 262 g/mol. The van der Waals surface area contributed by atoms with Crippen LogP contribution in [0.25, 0.3) is 0 Å². The van der Waals surface area contributed by atoms with E-state index < -0.39 is 0 Å². The number of nitrogens with zero attached hydrogens (tertiary/aromatic N) is 1. The molecular formula is C16H26N2O. The van der Waals surface area contributed by atoms with Crippen LogP contribution in [0.2, 0.25) is 0 Å². The van der Waals surface area contributed by atoms with Crippen molar-refractivity contribution in [3.05, 3.63) is 35.4 Å². The minimum Gasteiger partial charge on any atom is -0.379 e. The van der Waals surface area contributed by atoms with Crippen LogP contribution in [-0.4, -0.2) is 36.7 Å². The fourth-order valence-electron chi connectivity index (χ4n) is 2.94. The molecule has 1 aromatic carbocycles. The number of aryl methyl sites for hydroxylation is 1. The second kappa shape index (κ2) is 6.04. The van der Waals surface area contributed by atoms with Crippen molar-refractivity contribution in [1.29, 1.82) is 0 Å². The van der Waals surface area contributed by atoms with E-state index in [1.165, 1.54) is 11.1 Å². The first kappa shape index (κ1) is 14.5. The summed E-state index contributed by atoms with van der Waals surface area (Å²) < 4.78 is 5.46. The quantitative estimate of drug-likeness (QED) is 0.906. The van der Waals surface area contributed by atoms with Gasteiger partial charge in [-0.2, -0.15) is 0 Å². The van der Waals surface area contributed by atoms with E-state index in [9.17, 15) is 0 Å². The van der Waals surface area contributed by atoms with Crippen LogP contribution in [0.1, 0.15) is 37.4 Å². The third-order valence-electron chi connectivity index (χ3n) is 4.52. The topological polar surface area (TPSA) is 38.5 Å². The summed E-state index contributed by atoms with van der Waals surface area (Å²) in [6.07, 6.45) is 1.04. The van der Waals surface area contributed by atoms with Gasteiger partial charge in [0.2, 0.25) is 0 Å². The largest absolute Gasteiger partial charge is 0.379 e. The molecule has 3 heteroatoms. The molecule has 2 N–H and O–H groups in total. The lowest BCUT2D eigenvalue weighted by Crippen LogP contribution is -2.56. The van der Waals surface area contributed by atoms with Crippen LogP contribution in [0.5, 0.6) is 0 Å². The monoisotopic (exact) mass is 262 g/mol. The molecule has 2 atom stereocenters.